The molecule has 0 saturated carbocycles. The molecule has 94 valence electrons. The first-order valence-electron chi connectivity index (χ1n) is 5.62. The Hall–Kier alpha value is -1.79. The zero-order valence-corrected chi connectivity index (χ0v) is 10.6. The standard InChI is InChI=1S/C12H14N4OS/c13-5-4-11-16-10(8-18-11)12(17)15-7-9-3-1-2-6-14-9/h1-3,6,8H,4-5,7,13H2,(H,15,17). The third-order valence-electron chi connectivity index (χ3n) is 2.30. The maximum atomic E-state index is 11.8. The van der Waals surface area contributed by atoms with E-state index in [-0.39, 0.29) is 5.91 Å². The molecule has 0 saturated heterocycles. The smallest absolute Gasteiger partial charge is 0.271 e. The minimum atomic E-state index is -0.180. The molecule has 0 fully saturated rings. The average Bonchev–Trinajstić information content (AvgIpc) is 2.86. The van der Waals surface area contributed by atoms with Crippen LogP contribution in [-0.4, -0.2) is 22.4 Å². The molecule has 0 aliphatic rings. The summed E-state index contributed by atoms with van der Waals surface area (Å²) in [6.45, 7) is 0.950. The quantitative estimate of drug-likeness (QED) is 0.841. The van der Waals surface area contributed by atoms with Gasteiger partial charge in [-0.05, 0) is 18.7 Å². The van der Waals surface area contributed by atoms with Crippen molar-refractivity contribution >= 4 is 17.2 Å². The summed E-state index contributed by atoms with van der Waals surface area (Å²) in [5.41, 5.74) is 6.70. The molecule has 0 atom stereocenters. The Bertz CT molecular complexity index is 512. The molecule has 2 aromatic heterocycles. The summed E-state index contributed by atoms with van der Waals surface area (Å²) >= 11 is 1.46. The number of hydrogen-bond donors (Lipinski definition) is 2. The van der Waals surface area contributed by atoms with Crippen molar-refractivity contribution in [2.24, 2.45) is 5.73 Å². The van der Waals surface area contributed by atoms with E-state index in [1.165, 1.54) is 11.3 Å². The largest absolute Gasteiger partial charge is 0.345 e. The third-order valence-corrected chi connectivity index (χ3v) is 3.21. The van der Waals surface area contributed by atoms with Gasteiger partial charge in [0.15, 0.2) is 0 Å². The normalized spacial score (nSPS) is 10.3. The third kappa shape index (κ3) is 3.35. The van der Waals surface area contributed by atoms with Gasteiger partial charge in [0.1, 0.15) is 5.69 Å². The van der Waals surface area contributed by atoms with Gasteiger partial charge in [0, 0.05) is 18.0 Å². The minimum absolute atomic E-state index is 0.180. The fourth-order valence-electron chi connectivity index (χ4n) is 1.42. The molecule has 0 aliphatic heterocycles. The highest BCUT2D eigenvalue weighted by Gasteiger charge is 2.10. The highest BCUT2D eigenvalue weighted by molar-refractivity contribution is 7.09. The second-order valence-corrected chi connectivity index (χ2v) is 4.61. The van der Waals surface area contributed by atoms with Gasteiger partial charge in [-0.3, -0.25) is 9.78 Å². The SMILES string of the molecule is NCCc1nc(C(=O)NCc2ccccn2)cs1. The monoisotopic (exact) mass is 262 g/mol. The van der Waals surface area contributed by atoms with Crippen LogP contribution in [0.2, 0.25) is 0 Å². The van der Waals surface area contributed by atoms with E-state index in [0.717, 1.165) is 10.7 Å². The van der Waals surface area contributed by atoms with Gasteiger partial charge in [0.2, 0.25) is 0 Å². The van der Waals surface area contributed by atoms with Gasteiger partial charge < -0.3 is 11.1 Å². The lowest BCUT2D eigenvalue weighted by atomic mass is 10.3. The lowest BCUT2D eigenvalue weighted by molar-refractivity contribution is 0.0946. The van der Waals surface area contributed by atoms with Crippen molar-refractivity contribution in [1.82, 2.24) is 15.3 Å². The van der Waals surface area contributed by atoms with E-state index in [1.54, 1.807) is 11.6 Å². The van der Waals surface area contributed by atoms with Crippen LogP contribution >= 0.6 is 11.3 Å². The zero-order valence-electron chi connectivity index (χ0n) is 9.80. The molecule has 2 heterocycles. The van der Waals surface area contributed by atoms with Crippen LogP contribution in [0.1, 0.15) is 21.2 Å². The molecule has 2 aromatic rings. The van der Waals surface area contributed by atoms with E-state index < -0.39 is 0 Å². The number of carbonyl (C=O) groups is 1. The summed E-state index contributed by atoms with van der Waals surface area (Å²) in [5.74, 6) is -0.180. The maximum absolute atomic E-state index is 11.8. The first-order valence-corrected chi connectivity index (χ1v) is 6.50. The number of nitrogens with two attached hydrogens (primary N) is 1. The van der Waals surface area contributed by atoms with Crippen molar-refractivity contribution in [3.63, 3.8) is 0 Å². The van der Waals surface area contributed by atoms with Gasteiger partial charge in [0.05, 0.1) is 17.2 Å². The number of rotatable bonds is 5. The first-order chi connectivity index (χ1) is 8.79. The molecule has 18 heavy (non-hydrogen) atoms. The predicted octanol–water partition coefficient (Wildman–Crippen LogP) is 0.969. The first kappa shape index (κ1) is 12.7. The molecule has 5 nitrogen and oxygen atoms in total. The molecule has 6 heteroatoms. The fourth-order valence-corrected chi connectivity index (χ4v) is 2.21. The van der Waals surface area contributed by atoms with Gasteiger partial charge in [0.25, 0.3) is 5.91 Å². The number of carbonyl (C=O) groups excluding carboxylic acids is 1. The van der Waals surface area contributed by atoms with Crippen LogP contribution in [0.15, 0.2) is 29.8 Å². The Labute approximate surface area is 109 Å². The molecule has 2 rings (SSSR count). The van der Waals surface area contributed by atoms with Gasteiger partial charge in [-0.25, -0.2) is 4.98 Å². The summed E-state index contributed by atoms with van der Waals surface area (Å²) in [6.07, 6.45) is 2.40. The molecule has 0 radical (unpaired) electrons. The summed E-state index contributed by atoms with van der Waals surface area (Å²) in [7, 11) is 0. The molecule has 0 spiro atoms. The Balaban J connectivity index is 1.91. The lowest BCUT2D eigenvalue weighted by Gasteiger charge is -2.01. The van der Waals surface area contributed by atoms with E-state index >= 15 is 0 Å². The number of nitrogens with one attached hydrogen (secondary N) is 1. The van der Waals surface area contributed by atoms with Crippen molar-refractivity contribution in [2.75, 3.05) is 6.54 Å². The number of aromatic nitrogens is 2. The minimum Gasteiger partial charge on any atom is -0.345 e. The molecule has 0 bridgehead atoms. The van der Waals surface area contributed by atoms with Gasteiger partial charge >= 0.3 is 0 Å². The van der Waals surface area contributed by atoms with Gasteiger partial charge in [-0.1, -0.05) is 6.07 Å². The van der Waals surface area contributed by atoms with Crippen LogP contribution in [0.4, 0.5) is 0 Å². The predicted molar refractivity (Wildman–Crippen MR) is 70.3 cm³/mol. The number of hydrogen-bond acceptors (Lipinski definition) is 5. The number of pyridine rings is 1. The van der Waals surface area contributed by atoms with E-state index in [1.807, 2.05) is 18.2 Å². The highest BCUT2D eigenvalue weighted by atomic mass is 32.1. The van der Waals surface area contributed by atoms with Crippen molar-refractivity contribution in [3.05, 3.63) is 46.2 Å². The van der Waals surface area contributed by atoms with E-state index in [4.69, 9.17) is 5.73 Å². The van der Waals surface area contributed by atoms with Crippen molar-refractivity contribution in [2.45, 2.75) is 13.0 Å². The number of amides is 1. The van der Waals surface area contributed by atoms with E-state index in [9.17, 15) is 4.79 Å². The molecule has 0 unspecified atom stereocenters. The van der Waals surface area contributed by atoms with E-state index in [2.05, 4.69) is 15.3 Å². The summed E-state index contributed by atoms with van der Waals surface area (Å²) in [6, 6.07) is 5.59. The van der Waals surface area contributed by atoms with Crippen LogP contribution < -0.4 is 11.1 Å². The van der Waals surface area contributed by atoms with Crippen LogP contribution in [0.25, 0.3) is 0 Å². The molecule has 0 aliphatic carbocycles. The van der Waals surface area contributed by atoms with Crippen LogP contribution in [0.3, 0.4) is 0 Å². The average molecular weight is 262 g/mol. The summed E-state index contributed by atoms with van der Waals surface area (Å²) < 4.78 is 0. The fraction of sp³-hybridized carbons (Fsp3) is 0.250. The van der Waals surface area contributed by atoms with Gasteiger partial charge in [-0.2, -0.15) is 0 Å². The second-order valence-electron chi connectivity index (χ2n) is 3.67. The van der Waals surface area contributed by atoms with Crippen LogP contribution in [0, 0.1) is 0 Å². The maximum Gasteiger partial charge on any atom is 0.271 e. The second kappa shape index (κ2) is 6.23. The zero-order chi connectivity index (χ0) is 12.8. The topological polar surface area (TPSA) is 80.9 Å². The number of thiazole rings is 1. The Kier molecular flexibility index (Phi) is 4.38. The lowest BCUT2D eigenvalue weighted by Crippen LogP contribution is -2.23. The Morgan fingerprint density at radius 3 is 3.06 bits per heavy atom. The van der Waals surface area contributed by atoms with Crippen molar-refractivity contribution in [3.8, 4) is 0 Å². The molecular weight excluding hydrogens is 248 g/mol. The van der Waals surface area contributed by atoms with Crippen LogP contribution in [-0.2, 0) is 13.0 Å². The van der Waals surface area contributed by atoms with E-state index in [0.29, 0.717) is 25.2 Å². The van der Waals surface area contributed by atoms with Crippen molar-refractivity contribution in [1.29, 1.82) is 0 Å². The summed E-state index contributed by atoms with van der Waals surface area (Å²) in [5, 5.41) is 5.42. The summed E-state index contributed by atoms with van der Waals surface area (Å²) in [4.78, 5) is 20.2. The van der Waals surface area contributed by atoms with Crippen LogP contribution in [0.5, 0.6) is 0 Å². The highest BCUT2D eigenvalue weighted by Crippen LogP contribution is 2.09. The van der Waals surface area contributed by atoms with Crippen molar-refractivity contribution < 1.29 is 4.79 Å². The Morgan fingerprint density at radius 1 is 1.44 bits per heavy atom. The molecule has 3 N–H and O–H groups in total. The molecular formula is C12H14N4OS. The Morgan fingerprint density at radius 2 is 2.33 bits per heavy atom. The molecule has 0 aromatic carbocycles. The number of nitrogens with zero attached hydrogens (tertiary/aromatic N) is 2. The van der Waals surface area contributed by atoms with Gasteiger partial charge in [-0.15, -0.1) is 11.3 Å². The molecule has 1 amide bonds.